The summed E-state index contributed by atoms with van der Waals surface area (Å²) in [4.78, 5) is 7.15. The third-order valence-corrected chi connectivity index (χ3v) is 8.46. The van der Waals surface area contributed by atoms with Crippen LogP contribution in [0.15, 0.2) is 122 Å². The van der Waals surface area contributed by atoms with Crippen LogP contribution in [0.4, 0.5) is 5.13 Å². The zero-order valence-electron chi connectivity index (χ0n) is 22.4. The zero-order chi connectivity index (χ0) is 27.9. The highest BCUT2D eigenvalue weighted by Crippen LogP contribution is 2.31. The minimum absolute atomic E-state index is 0.520. The minimum atomic E-state index is 0.520. The molecule has 8 nitrogen and oxygen atoms in total. The van der Waals surface area contributed by atoms with E-state index in [0.717, 1.165) is 59.7 Å². The Morgan fingerprint density at radius 1 is 0.571 bits per heavy atom. The summed E-state index contributed by atoms with van der Waals surface area (Å²) in [5, 5.41) is 23.6. The van der Waals surface area contributed by atoms with Gasteiger partial charge in [0.25, 0.3) is 0 Å². The van der Waals surface area contributed by atoms with Crippen molar-refractivity contribution in [3.63, 3.8) is 0 Å². The maximum absolute atomic E-state index is 4.95. The lowest BCUT2D eigenvalue weighted by Crippen LogP contribution is -2.22. The van der Waals surface area contributed by atoms with E-state index >= 15 is 0 Å². The lowest BCUT2D eigenvalue weighted by atomic mass is 10.1. The Balaban J connectivity index is 1.13. The van der Waals surface area contributed by atoms with Crippen molar-refractivity contribution in [1.29, 1.82) is 0 Å². The quantitative estimate of drug-likeness (QED) is 0.208. The van der Waals surface area contributed by atoms with E-state index in [2.05, 4.69) is 80.1 Å². The largest absolute Gasteiger partial charge is 0.336 e. The average molecular weight is 565 g/mol. The molecule has 8 rings (SSSR count). The Labute approximate surface area is 245 Å². The van der Waals surface area contributed by atoms with Crippen LogP contribution >= 0.6 is 11.3 Å². The first-order chi connectivity index (χ1) is 20.8. The van der Waals surface area contributed by atoms with Gasteiger partial charge >= 0.3 is 0 Å². The average Bonchev–Trinajstić information content (AvgIpc) is 3.80. The van der Waals surface area contributed by atoms with Gasteiger partial charge < -0.3 is 4.90 Å². The number of para-hydroxylation sites is 1. The first-order valence-corrected chi connectivity index (χ1v) is 14.5. The molecule has 0 bridgehead atoms. The summed E-state index contributed by atoms with van der Waals surface area (Å²) < 4.78 is 4.84. The molecule has 0 saturated carbocycles. The van der Waals surface area contributed by atoms with E-state index in [0.29, 0.717) is 13.1 Å². The van der Waals surface area contributed by atoms with Crippen LogP contribution in [0, 0.1) is 0 Å². The maximum atomic E-state index is 4.95. The molecule has 5 aromatic carbocycles. The normalized spacial score (nSPS) is 11.5. The Kier molecular flexibility index (Phi) is 5.93. The molecule has 0 aliphatic rings. The molecule has 0 aliphatic heterocycles. The fourth-order valence-electron chi connectivity index (χ4n) is 5.37. The van der Waals surface area contributed by atoms with Crippen molar-refractivity contribution in [2.45, 2.75) is 13.1 Å². The fraction of sp³-hybridized carbons (Fsp3) is 0.0606. The minimum Gasteiger partial charge on any atom is -0.336 e. The second-order valence-electron chi connectivity index (χ2n) is 10.1. The van der Waals surface area contributed by atoms with E-state index in [-0.39, 0.29) is 0 Å². The molecule has 0 amide bonds. The van der Waals surface area contributed by atoms with Crippen molar-refractivity contribution in [2.24, 2.45) is 0 Å². The fourth-order valence-corrected chi connectivity index (χ4v) is 6.33. The Bertz CT molecular complexity index is 2030. The van der Waals surface area contributed by atoms with Crippen molar-refractivity contribution >= 4 is 48.2 Å². The van der Waals surface area contributed by atoms with Crippen LogP contribution in [-0.2, 0) is 13.1 Å². The van der Waals surface area contributed by atoms with Gasteiger partial charge in [-0.15, -0.1) is 10.2 Å². The second-order valence-corrected chi connectivity index (χ2v) is 11.1. The van der Waals surface area contributed by atoms with E-state index in [1.807, 2.05) is 76.4 Å². The van der Waals surface area contributed by atoms with E-state index in [1.54, 1.807) is 11.3 Å². The van der Waals surface area contributed by atoms with Gasteiger partial charge in [0.2, 0.25) is 0 Å². The molecule has 0 radical (unpaired) electrons. The van der Waals surface area contributed by atoms with Gasteiger partial charge in [-0.1, -0.05) is 107 Å². The van der Waals surface area contributed by atoms with Crippen molar-refractivity contribution < 1.29 is 0 Å². The number of benzene rings is 5. The second kappa shape index (κ2) is 10.2. The predicted octanol–water partition coefficient (Wildman–Crippen LogP) is 6.97. The summed E-state index contributed by atoms with van der Waals surface area (Å²) in [5.41, 5.74) is 4.64. The standard InChI is InChI=1S/C33H24N8S/c1-3-13-27-23(9-1)11-7-16-30(27)40-21-25(35-37-40)19-39(33-34-29-15-5-6-18-32(29)42-33)20-26-22-41(38-36-26)31-17-8-12-24-10-2-4-14-28(24)31/h1-18,21-22H,19-20H2. The van der Waals surface area contributed by atoms with Crippen LogP contribution in [0.3, 0.4) is 0 Å². The number of anilines is 1. The van der Waals surface area contributed by atoms with Crippen LogP contribution in [-0.4, -0.2) is 35.0 Å². The third kappa shape index (κ3) is 4.46. The highest BCUT2D eigenvalue weighted by atomic mass is 32.1. The predicted molar refractivity (Wildman–Crippen MR) is 167 cm³/mol. The molecular weight excluding hydrogens is 540 g/mol. The summed E-state index contributed by atoms with van der Waals surface area (Å²) in [5.74, 6) is 0. The molecule has 0 N–H and O–H groups in total. The van der Waals surface area contributed by atoms with E-state index in [9.17, 15) is 0 Å². The molecule has 8 aromatic rings. The van der Waals surface area contributed by atoms with E-state index in [1.165, 1.54) is 0 Å². The molecule has 0 atom stereocenters. The summed E-state index contributed by atoms with van der Waals surface area (Å²) in [7, 11) is 0. The molecule has 0 spiro atoms. The molecule has 0 unspecified atom stereocenters. The van der Waals surface area contributed by atoms with Crippen molar-refractivity contribution in [3.05, 3.63) is 133 Å². The molecule has 0 saturated heterocycles. The third-order valence-electron chi connectivity index (χ3n) is 7.37. The van der Waals surface area contributed by atoms with Gasteiger partial charge in [0.05, 0.1) is 47.1 Å². The topological polar surface area (TPSA) is 77.5 Å². The summed E-state index contributed by atoms with van der Waals surface area (Å²) in [6.07, 6.45) is 3.99. The number of rotatable bonds is 7. The van der Waals surface area contributed by atoms with Gasteiger partial charge in [-0.2, -0.15) is 0 Å². The molecule has 42 heavy (non-hydrogen) atoms. The molecule has 9 heteroatoms. The summed E-state index contributed by atoms with van der Waals surface area (Å²) >= 11 is 1.66. The monoisotopic (exact) mass is 564 g/mol. The molecular formula is C33H24N8S. The van der Waals surface area contributed by atoms with Crippen LogP contribution in [0.25, 0.3) is 43.1 Å². The Morgan fingerprint density at radius 3 is 1.69 bits per heavy atom. The van der Waals surface area contributed by atoms with Gasteiger partial charge in [0.1, 0.15) is 11.4 Å². The SMILES string of the molecule is c1ccc2c(-n3cc(CN(Cc4cn(-c5cccc6ccccc56)nn4)c4nc5ccccc5s4)nn3)cccc2c1. The van der Waals surface area contributed by atoms with Crippen molar-refractivity contribution in [2.75, 3.05) is 4.90 Å². The van der Waals surface area contributed by atoms with Gasteiger partial charge in [-0.3, -0.25) is 0 Å². The number of fused-ring (bicyclic) bond motifs is 3. The van der Waals surface area contributed by atoms with Gasteiger partial charge in [0, 0.05) is 10.8 Å². The lowest BCUT2D eigenvalue weighted by molar-refractivity contribution is 0.745. The molecule has 202 valence electrons. The van der Waals surface area contributed by atoms with Crippen LogP contribution < -0.4 is 4.90 Å². The van der Waals surface area contributed by atoms with Crippen LogP contribution in [0.1, 0.15) is 11.4 Å². The van der Waals surface area contributed by atoms with Crippen LogP contribution in [0.5, 0.6) is 0 Å². The van der Waals surface area contributed by atoms with E-state index in [4.69, 9.17) is 4.98 Å². The molecule has 3 aromatic heterocycles. The lowest BCUT2D eigenvalue weighted by Gasteiger charge is -2.19. The first-order valence-electron chi connectivity index (χ1n) is 13.7. The smallest absolute Gasteiger partial charge is 0.187 e. The van der Waals surface area contributed by atoms with Crippen LogP contribution in [0.2, 0.25) is 0 Å². The number of nitrogens with zero attached hydrogens (tertiary/aromatic N) is 8. The maximum Gasteiger partial charge on any atom is 0.187 e. The zero-order valence-corrected chi connectivity index (χ0v) is 23.3. The summed E-state index contributed by atoms with van der Waals surface area (Å²) in [6, 6.07) is 37.3. The summed E-state index contributed by atoms with van der Waals surface area (Å²) in [6.45, 7) is 1.04. The molecule has 0 aliphatic carbocycles. The van der Waals surface area contributed by atoms with Crippen molar-refractivity contribution in [3.8, 4) is 11.4 Å². The number of hydrogen-bond acceptors (Lipinski definition) is 7. The Hall–Kier alpha value is -5.41. The van der Waals surface area contributed by atoms with E-state index < -0.39 is 0 Å². The first kappa shape index (κ1) is 24.4. The highest BCUT2D eigenvalue weighted by Gasteiger charge is 2.18. The molecule has 0 fully saturated rings. The Morgan fingerprint density at radius 2 is 1.10 bits per heavy atom. The molecule has 3 heterocycles. The van der Waals surface area contributed by atoms with Crippen molar-refractivity contribution in [1.82, 2.24) is 35.0 Å². The van der Waals surface area contributed by atoms with Gasteiger partial charge in [-0.05, 0) is 35.0 Å². The van der Waals surface area contributed by atoms with Gasteiger partial charge in [0.15, 0.2) is 5.13 Å². The number of thiazole rings is 1. The highest BCUT2D eigenvalue weighted by molar-refractivity contribution is 7.22. The van der Waals surface area contributed by atoms with Gasteiger partial charge in [-0.25, -0.2) is 14.3 Å². The number of aromatic nitrogens is 7. The number of hydrogen-bond donors (Lipinski definition) is 0.